The SMILES string of the molecule is Cc1cc(NC(=O)CCc2cccc(Cl)c2)n(CCC#N)n1. The molecule has 22 heavy (non-hydrogen) atoms. The molecule has 0 saturated carbocycles. The molecule has 1 aromatic carbocycles. The average Bonchev–Trinajstić information content (AvgIpc) is 2.83. The normalized spacial score (nSPS) is 10.2. The number of rotatable bonds is 6. The second-order valence-electron chi connectivity index (χ2n) is 4.98. The van der Waals surface area contributed by atoms with Gasteiger partial charge in [-0.2, -0.15) is 10.4 Å². The van der Waals surface area contributed by atoms with E-state index in [1.165, 1.54) is 0 Å². The third-order valence-corrected chi connectivity index (χ3v) is 3.37. The van der Waals surface area contributed by atoms with Crippen molar-refractivity contribution >= 4 is 23.3 Å². The van der Waals surface area contributed by atoms with Crippen LogP contribution in [0, 0.1) is 18.3 Å². The van der Waals surface area contributed by atoms with Gasteiger partial charge in [0.25, 0.3) is 0 Å². The minimum absolute atomic E-state index is 0.0851. The fraction of sp³-hybridized carbons (Fsp3) is 0.312. The number of nitrogens with one attached hydrogen (secondary N) is 1. The van der Waals surface area contributed by atoms with Gasteiger partial charge in [0, 0.05) is 17.5 Å². The molecule has 6 heteroatoms. The highest BCUT2D eigenvalue weighted by Gasteiger charge is 2.09. The Bertz CT molecular complexity index is 702. The van der Waals surface area contributed by atoms with Crippen LogP contribution in [0.1, 0.15) is 24.1 Å². The smallest absolute Gasteiger partial charge is 0.225 e. The van der Waals surface area contributed by atoms with E-state index in [9.17, 15) is 4.79 Å². The molecule has 2 aromatic rings. The molecule has 1 aromatic heterocycles. The zero-order valence-corrected chi connectivity index (χ0v) is 13.1. The third-order valence-electron chi connectivity index (χ3n) is 3.13. The summed E-state index contributed by atoms with van der Waals surface area (Å²) in [6.07, 6.45) is 1.34. The molecule has 0 aliphatic carbocycles. The highest BCUT2D eigenvalue weighted by molar-refractivity contribution is 6.30. The van der Waals surface area contributed by atoms with E-state index >= 15 is 0 Å². The first-order valence-corrected chi connectivity index (χ1v) is 7.42. The molecule has 5 nitrogen and oxygen atoms in total. The van der Waals surface area contributed by atoms with E-state index in [1.54, 1.807) is 10.7 Å². The molecule has 0 radical (unpaired) electrons. The molecule has 0 atom stereocenters. The van der Waals surface area contributed by atoms with Crippen LogP contribution in [-0.2, 0) is 17.8 Å². The highest BCUT2D eigenvalue weighted by Crippen LogP contribution is 2.14. The molecule has 1 N–H and O–H groups in total. The number of nitrogens with zero attached hydrogens (tertiary/aromatic N) is 3. The Morgan fingerprint density at radius 1 is 1.45 bits per heavy atom. The summed E-state index contributed by atoms with van der Waals surface area (Å²) in [5, 5.41) is 16.4. The van der Waals surface area contributed by atoms with Crippen LogP contribution in [0.15, 0.2) is 30.3 Å². The monoisotopic (exact) mass is 316 g/mol. The van der Waals surface area contributed by atoms with Crippen LogP contribution in [-0.4, -0.2) is 15.7 Å². The van der Waals surface area contributed by atoms with E-state index in [2.05, 4.69) is 16.5 Å². The maximum atomic E-state index is 12.1. The lowest BCUT2D eigenvalue weighted by Gasteiger charge is -2.07. The van der Waals surface area contributed by atoms with Gasteiger partial charge < -0.3 is 5.32 Å². The van der Waals surface area contributed by atoms with E-state index in [4.69, 9.17) is 16.9 Å². The number of carbonyl (C=O) groups excluding carboxylic acids is 1. The first-order valence-electron chi connectivity index (χ1n) is 7.04. The predicted octanol–water partition coefficient (Wildman–Crippen LogP) is 3.33. The molecule has 0 spiro atoms. The molecule has 1 amide bonds. The Morgan fingerprint density at radius 2 is 2.27 bits per heavy atom. The molecule has 2 rings (SSSR count). The number of nitriles is 1. The minimum atomic E-state index is -0.0851. The van der Waals surface area contributed by atoms with Crippen molar-refractivity contribution in [1.29, 1.82) is 5.26 Å². The van der Waals surface area contributed by atoms with Gasteiger partial charge >= 0.3 is 0 Å². The predicted molar refractivity (Wildman–Crippen MR) is 85.6 cm³/mol. The van der Waals surface area contributed by atoms with E-state index in [0.717, 1.165) is 11.3 Å². The van der Waals surface area contributed by atoms with Crippen LogP contribution >= 0.6 is 11.6 Å². The second-order valence-corrected chi connectivity index (χ2v) is 5.42. The van der Waals surface area contributed by atoms with Gasteiger partial charge in [-0.3, -0.25) is 4.79 Å². The molecule has 114 valence electrons. The van der Waals surface area contributed by atoms with E-state index in [1.807, 2.05) is 31.2 Å². The number of anilines is 1. The molecule has 0 bridgehead atoms. The zero-order valence-electron chi connectivity index (χ0n) is 12.3. The van der Waals surface area contributed by atoms with Crippen LogP contribution in [0.5, 0.6) is 0 Å². The van der Waals surface area contributed by atoms with Gasteiger partial charge in [-0.05, 0) is 31.0 Å². The summed E-state index contributed by atoms with van der Waals surface area (Å²) in [6.45, 7) is 2.32. The molecular weight excluding hydrogens is 300 g/mol. The van der Waals surface area contributed by atoms with Crippen molar-refractivity contribution in [3.8, 4) is 6.07 Å². The third kappa shape index (κ3) is 4.61. The molecule has 1 heterocycles. The van der Waals surface area contributed by atoms with E-state index < -0.39 is 0 Å². The number of carbonyl (C=O) groups is 1. The Balaban J connectivity index is 1.93. The van der Waals surface area contributed by atoms with Gasteiger partial charge in [0.2, 0.25) is 5.91 Å². The number of aromatic nitrogens is 2. The van der Waals surface area contributed by atoms with Crippen molar-refractivity contribution in [2.24, 2.45) is 0 Å². The summed E-state index contributed by atoms with van der Waals surface area (Å²) >= 11 is 5.92. The summed E-state index contributed by atoms with van der Waals surface area (Å²) in [5.74, 6) is 0.543. The number of hydrogen-bond acceptors (Lipinski definition) is 3. The molecule has 0 fully saturated rings. The summed E-state index contributed by atoms with van der Waals surface area (Å²) in [5.41, 5.74) is 1.83. The van der Waals surface area contributed by atoms with Crippen LogP contribution in [0.25, 0.3) is 0 Å². The van der Waals surface area contributed by atoms with Crippen molar-refractivity contribution in [3.05, 3.63) is 46.6 Å². The summed E-state index contributed by atoms with van der Waals surface area (Å²) in [7, 11) is 0. The first kappa shape index (κ1) is 16.1. The van der Waals surface area contributed by atoms with Crippen molar-refractivity contribution < 1.29 is 4.79 Å². The molecule has 0 saturated heterocycles. The minimum Gasteiger partial charge on any atom is -0.311 e. The van der Waals surface area contributed by atoms with Crippen LogP contribution in [0.2, 0.25) is 5.02 Å². The number of hydrogen-bond donors (Lipinski definition) is 1. The number of halogens is 1. The quantitative estimate of drug-likeness (QED) is 0.888. The first-order chi connectivity index (χ1) is 10.6. The largest absolute Gasteiger partial charge is 0.311 e. The maximum absolute atomic E-state index is 12.1. The fourth-order valence-electron chi connectivity index (χ4n) is 2.13. The lowest BCUT2D eigenvalue weighted by Crippen LogP contribution is -2.16. The molecule has 0 aliphatic rings. The standard InChI is InChI=1S/C16H17ClN4O/c1-12-10-15(21(20-12)9-3-8-18)19-16(22)7-6-13-4-2-5-14(17)11-13/h2,4-5,10-11H,3,6-7,9H2,1H3,(H,19,22). The Morgan fingerprint density at radius 3 is 3.00 bits per heavy atom. The summed E-state index contributed by atoms with van der Waals surface area (Å²) in [4.78, 5) is 12.1. The fourth-order valence-corrected chi connectivity index (χ4v) is 2.34. The van der Waals surface area contributed by atoms with Gasteiger partial charge in [0.1, 0.15) is 5.82 Å². The lowest BCUT2D eigenvalue weighted by molar-refractivity contribution is -0.116. The van der Waals surface area contributed by atoms with Crippen molar-refractivity contribution in [3.63, 3.8) is 0 Å². The van der Waals surface area contributed by atoms with Crippen molar-refractivity contribution in [1.82, 2.24) is 9.78 Å². The Kier molecular flexibility index (Phi) is 5.56. The summed E-state index contributed by atoms with van der Waals surface area (Å²) < 4.78 is 1.65. The number of aryl methyl sites for hydroxylation is 3. The van der Waals surface area contributed by atoms with Crippen LogP contribution in [0.4, 0.5) is 5.82 Å². The topological polar surface area (TPSA) is 70.7 Å². The zero-order chi connectivity index (χ0) is 15.9. The van der Waals surface area contributed by atoms with E-state index in [-0.39, 0.29) is 5.91 Å². The second kappa shape index (κ2) is 7.62. The highest BCUT2D eigenvalue weighted by atomic mass is 35.5. The lowest BCUT2D eigenvalue weighted by atomic mass is 10.1. The molecule has 0 unspecified atom stereocenters. The number of benzene rings is 1. The van der Waals surface area contributed by atoms with Gasteiger partial charge in [-0.25, -0.2) is 4.68 Å². The summed E-state index contributed by atoms with van der Waals surface area (Å²) in [6, 6.07) is 11.4. The van der Waals surface area contributed by atoms with Crippen molar-refractivity contribution in [2.45, 2.75) is 32.7 Å². The van der Waals surface area contributed by atoms with Crippen LogP contribution < -0.4 is 5.32 Å². The molecule has 0 aliphatic heterocycles. The van der Waals surface area contributed by atoms with Crippen LogP contribution in [0.3, 0.4) is 0 Å². The average molecular weight is 317 g/mol. The Hall–Kier alpha value is -2.32. The Labute approximate surface area is 134 Å². The van der Waals surface area contributed by atoms with Gasteiger partial charge in [0.15, 0.2) is 0 Å². The van der Waals surface area contributed by atoms with Crippen molar-refractivity contribution in [2.75, 3.05) is 5.32 Å². The maximum Gasteiger partial charge on any atom is 0.225 e. The van der Waals surface area contributed by atoms with Gasteiger partial charge in [-0.1, -0.05) is 23.7 Å². The molecular formula is C16H17ClN4O. The number of amides is 1. The van der Waals surface area contributed by atoms with Gasteiger partial charge in [-0.15, -0.1) is 0 Å². The van der Waals surface area contributed by atoms with Gasteiger partial charge in [0.05, 0.1) is 24.7 Å². The van der Waals surface area contributed by atoms with E-state index in [0.29, 0.717) is 36.6 Å².